The van der Waals surface area contributed by atoms with E-state index in [0.717, 1.165) is 10.1 Å². The van der Waals surface area contributed by atoms with E-state index in [-0.39, 0.29) is 30.5 Å². The number of carboxylic acids is 1. The van der Waals surface area contributed by atoms with E-state index < -0.39 is 29.1 Å². The van der Waals surface area contributed by atoms with Gasteiger partial charge in [0.05, 0.1) is 18.2 Å². The van der Waals surface area contributed by atoms with Crippen LogP contribution < -0.4 is 21.7 Å². The van der Waals surface area contributed by atoms with Crippen molar-refractivity contribution in [1.82, 2.24) is 19.1 Å². The van der Waals surface area contributed by atoms with Crippen LogP contribution in [0, 0.1) is 17.7 Å². The smallest absolute Gasteiger partial charge is 0.335 e. The van der Waals surface area contributed by atoms with Gasteiger partial charge < -0.3 is 9.84 Å². The van der Waals surface area contributed by atoms with Crippen LogP contribution in [0.15, 0.2) is 81.4 Å². The number of carbonyl (C=O) groups is 1. The fraction of sp³-hybridized carbons (Fsp3) is 0.192. The molecule has 2 atom stereocenters. The van der Waals surface area contributed by atoms with Crippen molar-refractivity contribution in [3.63, 3.8) is 0 Å². The van der Waals surface area contributed by atoms with Crippen molar-refractivity contribution in [3.8, 4) is 11.6 Å². The maximum atomic E-state index is 13.8. The lowest BCUT2D eigenvalue weighted by atomic mass is 10.2. The second kappa shape index (κ2) is 10.5. The number of carboxylic acid groups (broad SMARTS) is 1. The number of nitrogens with zero attached hydrogens (tertiary/aromatic N) is 4. The molecular weight excluding hydrogens is 517 g/mol. The number of benzene rings is 2. The van der Waals surface area contributed by atoms with Crippen molar-refractivity contribution >= 4 is 23.3 Å². The lowest BCUT2D eigenvalue weighted by Crippen LogP contribution is -2.50. The Morgan fingerprint density at radius 2 is 1.87 bits per heavy atom. The van der Waals surface area contributed by atoms with E-state index in [1.54, 1.807) is 48.5 Å². The maximum absolute atomic E-state index is 13.8. The predicted octanol–water partition coefficient (Wildman–Crippen LogP) is 3.32. The summed E-state index contributed by atoms with van der Waals surface area (Å²) in [6.07, 6.45) is 1.81. The summed E-state index contributed by atoms with van der Waals surface area (Å²) >= 11 is 5.98. The number of aromatic nitrogens is 4. The molecule has 2 heterocycles. The minimum absolute atomic E-state index is 0.00113. The van der Waals surface area contributed by atoms with Gasteiger partial charge in [-0.15, -0.1) is 0 Å². The SMILES string of the molecule is O=C(O)C1CC1Cn1c(=O)[nH]/c(=N\c2ccc(Oc3ncccc3F)cc2)n(Cc2ccc(Cl)cc2)c1=O. The van der Waals surface area contributed by atoms with Crippen molar-refractivity contribution in [2.75, 3.05) is 0 Å². The zero-order valence-electron chi connectivity index (χ0n) is 19.8. The number of rotatable bonds is 8. The summed E-state index contributed by atoms with van der Waals surface area (Å²) in [5, 5.41) is 9.73. The van der Waals surface area contributed by atoms with Gasteiger partial charge >= 0.3 is 17.3 Å². The molecule has 2 unspecified atom stereocenters. The maximum Gasteiger partial charge on any atom is 0.335 e. The Kier molecular flexibility index (Phi) is 6.93. The third-order valence-electron chi connectivity index (χ3n) is 6.10. The Bertz CT molecular complexity index is 1680. The molecule has 1 saturated carbocycles. The van der Waals surface area contributed by atoms with Crippen molar-refractivity contribution in [1.29, 1.82) is 0 Å². The molecule has 1 aliphatic rings. The minimum Gasteiger partial charge on any atom is -0.481 e. The number of halogens is 2. The van der Waals surface area contributed by atoms with Crippen molar-refractivity contribution in [3.05, 3.63) is 110 Å². The molecular formula is C26H21ClFN5O5. The Morgan fingerprint density at radius 1 is 1.13 bits per heavy atom. The molecule has 10 nitrogen and oxygen atoms in total. The first kappa shape index (κ1) is 25.2. The topological polar surface area (TPSA) is 132 Å². The molecule has 0 radical (unpaired) electrons. The molecule has 0 saturated heterocycles. The van der Waals surface area contributed by atoms with Gasteiger partial charge in [-0.05, 0) is 66.4 Å². The van der Waals surface area contributed by atoms with Gasteiger partial charge in [-0.3, -0.25) is 14.3 Å². The summed E-state index contributed by atoms with van der Waals surface area (Å²) in [5.74, 6) is -2.28. The van der Waals surface area contributed by atoms with Crippen molar-refractivity contribution in [2.45, 2.75) is 19.5 Å². The minimum atomic E-state index is -0.946. The van der Waals surface area contributed by atoms with E-state index in [2.05, 4.69) is 15.0 Å². The van der Waals surface area contributed by atoms with Crippen LogP contribution in [-0.2, 0) is 17.9 Å². The van der Waals surface area contributed by atoms with E-state index in [1.807, 2.05) is 0 Å². The summed E-state index contributed by atoms with van der Waals surface area (Å²) in [4.78, 5) is 48.4. The van der Waals surface area contributed by atoms with E-state index in [0.29, 0.717) is 22.9 Å². The summed E-state index contributed by atoms with van der Waals surface area (Å²) in [6.45, 7) is 0.0704. The second-order valence-electron chi connectivity index (χ2n) is 8.80. The van der Waals surface area contributed by atoms with Crippen LogP contribution in [0.5, 0.6) is 11.6 Å². The number of pyridine rings is 1. The highest BCUT2D eigenvalue weighted by molar-refractivity contribution is 6.30. The molecule has 5 rings (SSSR count). The highest BCUT2D eigenvalue weighted by atomic mass is 35.5. The first-order valence-corrected chi connectivity index (χ1v) is 12.0. The first-order valence-electron chi connectivity index (χ1n) is 11.6. The van der Waals surface area contributed by atoms with Crippen LogP contribution in [0.1, 0.15) is 12.0 Å². The summed E-state index contributed by atoms with van der Waals surface area (Å²) in [5.41, 5.74) is -0.180. The van der Waals surface area contributed by atoms with Crippen LogP contribution >= 0.6 is 11.6 Å². The largest absolute Gasteiger partial charge is 0.481 e. The number of hydrogen-bond acceptors (Lipinski definition) is 6. The molecule has 1 aliphatic carbocycles. The quantitative estimate of drug-likeness (QED) is 0.354. The van der Waals surface area contributed by atoms with Crippen LogP contribution in [-0.4, -0.2) is 30.2 Å². The zero-order chi connectivity index (χ0) is 26.8. The predicted molar refractivity (Wildman–Crippen MR) is 135 cm³/mol. The van der Waals surface area contributed by atoms with Gasteiger partial charge in [0.2, 0.25) is 5.62 Å². The van der Waals surface area contributed by atoms with Crippen LogP contribution in [0.3, 0.4) is 0 Å². The van der Waals surface area contributed by atoms with Crippen molar-refractivity contribution in [2.24, 2.45) is 16.8 Å². The molecule has 38 heavy (non-hydrogen) atoms. The molecule has 194 valence electrons. The Balaban J connectivity index is 1.50. The fourth-order valence-electron chi connectivity index (χ4n) is 3.97. The van der Waals surface area contributed by atoms with E-state index >= 15 is 0 Å². The highest BCUT2D eigenvalue weighted by Gasteiger charge is 2.43. The third kappa shape index (κ3) is 5.57. The standard InChI is InChI=1S/C26H21ClFN5O5/c27-17-5-3-15(4-6-17)13-32-24(31-25(36)33(26(32)37)14-16-12-20(16)23(34)35)30-18-7-9-19(10-8-18)38-22-21(28)2-1-11-29-22/h1-11,16,20H,12-14H2,(H,34,35)(H,30,31,36). The van der Waals surface area contributed by atoms with E-state index in [1.165, 1.54) is 22.9 Å². The molecule has 1 fully saturated rings. The first-order chi connectivity index (χ1) is 18.3. The number of hydrogen-bond donors (Lipinski definition) is 2. The average Bonchev–Trinajstić information content (AvgIpc) is 3.68. The summed E-state index contributed by atoms with van der Waals surface area (Å²) in [7, 11) is 0. The molecule has 2 N–H and O–H groups in total. The summed E-state index contributed by atoms with van der Waals surface area (Å²) < 4.78 is 21.6. The fourth-order valence-corrected chi connectivity index (χ4v) is 4.10. The van der Waals surface area contributed by atoms with Gasteiger partial charge in [0.1, 0.15) is 5.75 Å². The summed E-state index contributed by atoms with van der Waals surface area (Å²) in [6, 6.07) is 15.8. The van der Waals surface area contributed by atoms with Gasteiger partial charge in [-0.1, -0.05) is 23.7 Å². The molecule has 0 aliphatic heterocycles. The zero-order valence-corrected chi connectivity index (χ0v) is 20.5. The van der Waals surface area contributed by atoms with Gasteiger partial charge in [0, 0.05) is 17.8 Å². The molecule has 12 heteroatoms. The van der Waals surface area contributed by atoms with E-state index in [9.17, 15) is 23.9 Å². The molecule has 0 bridgehead atoms. The Morgan fingerprint density at radius 3 is 2.53 bits per heavy atom. The number of nitrogens with one attached hydrogen (secondary N) is 1. The van der Waals surface area contributed by atoms with Gasteiger partial charge in [-0.2, -0.15) is 0 Å². The molecule has 0 spiro atoms. The molecule has 2 aromatic heterocycles. The lowest BCUT2D eigenvalue weighted by molar-refractivity contribution is -0.138. The van der Waals surface area contributed by atoms with Gasteiger partial charge in [0.25, 0.3) is 5.88 Å². The monoisotopic (exact) mass is 537 g/mol. The highest BCUT2D eigenvalue weighted by Crippen LogP contribution is 2.39. The average molecular weight is 538 g/mol. The second-order valence-corrected chi connectivity index (χ2v) is 9.23. The lowest BCUT2D eigenvalue weighted by Gasteiger charge is -2.11. The van der Waals surface area contributed by atoms with Crippen LogP contribution in [0.2, 0.25) is 5.02 Å². The van der Waals surface area contributed by atoms with Gasteiger partial charge in [0.15, 0.2) is 5.82 Å². The van der Waals surface area contributed by atoms with Crippen molar-refractivity contribution < 1.29 is 19.0 Å². The third-order valence-corrected chi connectivity index (χ3v) is 6.36. The number of aromatic amines is 1. The van der Waals surface area contributed by atoms with E-state index in [4.69, 9.17) is 16.3 Å². The van der Waals surface area contributed by atoms with Gasteiger partial charge in [-0.25, -0.2) is 28.5 Å². The molecule has 2 aromatic carbocycles. The number of aliphatic carboxylic acids is 1. The Hall–Kier alpha value is -4.51. The van der Waals surface area contributed by atoms with Crippen LogP contribution in [0.25, 0.3) is 0 Å². The number of ether oxygens (including phenoxy) is 1. The normalized spacial score (nSPS) is 16.8. The van der Waals surface area contributed by atoms with Crippen LogP contribution in [0.4, 0.5) is 10.1 Å². The Labute approximate surface area is 219 Å². The molecule has 0 amide bonds. The number of H-pyrrole nitrogens is 1. The molecule has 4 aromatic rings.